The molecule has 5 rings (SSSR count). The zero-order chi connectivity index (χ0) is 12.1. The summed E-state index contributed by atoms with van der Waals surface area (Å²) in [6, 6.07) is 0.848. The summed E-state index contributed by atoms with van der Waals surface area (Å²) in [5, 5.41) is 13.9. The summed E-state index contributed by atoms with van der Waals surface area (Å²) in [6.45, 7) is 1.42. The molecule has 0 radical (unpaired) electrons. The maximum Gasteiger partial charge on any atom is 0.0737 e. The number of rotatable bonds is 2. The lowest BCUT2D eigenvalue weighted by Gasteiger charge is -2.55. The zero-order valence-corrected chi connectivity index (χ0v) is 11.1. The topological polar surface area (TPSA) is 41.5 Å². The predicted octanol–water partition coefficient (Wildman–Crippen LogP) is 1.55. The molecule has 0 aromatic carbocycles. The molecule has 4 aliphatic carbocycles. The van der Waals surface area contributed by atoms with Crippen LogP contribution < -0.4 is 5.32 Å². The van der Waals surface area contributed by atoms with Gasteiger partial charge in [-0.2, -0.15) is 0 Å². The average molecular weight is 251 g/mol. The summed E-state index contributed by atoms with van der Waals surface area (Å²) < 4.78 is 5.52. The van der Waals surface area contributed by atoms with Crippen molar-refractivity contribution in [1.82, 2.24) is 5.32 Å². The Balaban J connectivity index is 1.45. The first-order valence-corrected chi connectivity index (χ1v) is 7.81. The van der Waals surface area contributed by atoms with E-state index in [0.717, 1.165) is 36.7 Å². The van der Waals surface area contributed by atoms with Gasteiger partial charge >= 0.3 is 0 Å². The number of aliphatic hydroxyl groups is 1. The van der Waals surface area contributed by atoms with E-state index < -0.39 is 0 Å². The molecule has 0 unspecified atom stereocenters. The lowest BCUT2D eigenvalue weighted by atomic mass is 9.54. The quantitative estimate of drug-likeness (QED) is 0.782. The lowest BCUT2D eigenvalue weighted by Crippen LogP contribution is -2.60. The van der Waals surface area contributed by atoms with E-state index in [1.54, 1.807) is 0 Å². The van der Waals surface area contributed by atoms with Gasteiger partial charge in [-0.15, -0.1) is 0 Å². The van der Waals surface area contributed by atoms with E-state index in [9.17, 15) is 5.11 Å². The first-order chi connectivity index (χ1) is 8.79. The van der Waals surface area contributed by atoms with Crippen LogP contribution in [0.1, 0.15) is 38.5 Å². The average Bonchev–Trinajstić information content (AvgIpc) is 2.35. The fourth-order valence-corrected chi connectivity index (χ4v) is 5.33. The second-order valence-corrected chi connectivity index (χ2v) is 7.16. The highest BCUT2D eigenvalue weighted by atomic mass is 16.5. The molecule has 0 aromatic heterocycles. The van der Waals surface area contributed by atoms with Crippen LogP contribution in [0.3, 0.4) is 0 Å². The van der Waals surface area contributed by atoms with Gasteiger partial charge in [0.2, 0.25) is 0 Å². The van der Waals surface area contributed by atoms with Crippen molar-refractivity contribution in [1.29, 1.82) is 0 Å². The highest BCUT2D eigenvalue weighted by Gasteiger charge is 2.48. The third-order valence-corrected chi connectivity index (χ3v) is 5.95. The number of hydrogen-bond acceptors (Lipinski definition) is 3. The lowest BCUT2D eigenvalue weighted by molar-refractivity contribution is -0.0554. The fourth-order valence-electron chi connectivity index (χ4n) is 5.33. The molecule has 3 heteroatoms. The largest absolute Gasteiger partial charge is 0.391 e. The van der Waals surface area contributed by atoms with Crippen molar-refractivity contribution in [2.75, 3.05) is 13.2 Å². The molecule has 4 bridgehead atoms. The fraction of sp³-hybridized carbons (Fsp3) is 1.00. The number of hydrogen-bond donors (Lipinski definition) is 2. The first kappa shape index (κ1) is 11.7. The summed E-state index contributed by atoms with van der Waals surface area (Å²) in [6.07, 6.45) is 7.86. The van der Waals surface area contributed by atoms with Crippen LogP contribution >= 0.6 is 0 Å². The van der Waals surface area contributed by atoms with E-state index in [2.05, 4.69) is 5.32 Å². The molecular weight excluding hydrogens is 226 g/mol. The number of aliphatic hydroxyl groups excluding tert-OH is 1. The van der Waals surface area contributed by atoms with Gasteiger partial charge in [0.25, 0.3) is 0 Å². The molecule has 5 fully saturated rings. The highest BCUT2D eigenvalue weighted by Crippen LogP contribution is 2.53. The van der Waals surface area contributed by atoms with Crippen LogP contribution in [0.25, 0.3) is 0 Å². The van der Waals surface area contributed by atoms with Crippen molar-refractivity contribution in [3.05, 3.63) is 0 Å². The van der Waals surface area contributed by atoms with Gasteiger partial charge in [-0.05, 0) is 62.2 Å². The van der Waals surface area contributed by atoms with Crippen molar-refractivity contribution in [2.45, 2.75) is 56.7 Å². The molecule has 4 saturated carbocycles. The molecule has 0 amide bonds. The minimum atomic E-state index is -0.198. The maximum absolute atomic E-state index is 10.1. The molecule has 0 aromatic rings. The number of nitrogens with one attached hydrogen (secondary N) is 1. The Morgan fingerprint density at radius 1 is 0.944 bits per heavy atom. The Labute approximate surface area is 109 Å². The van der Waals surface area contributed by atoms with Gasteiger partial charge in [-0.25, -0.2) is 0 Å². The Bertz CT molecular complexity index is 292. The van der Waals surface area contributed by atoms with Gasteiger partial charge in [0.15, 0.2) is 0 Å². The monoisotopic (exact) mass is 251 g/mol. The minimum Gasteiger partial charge on any atom is -0.391 e. The van der Waals surface area contributed by atoms with Crippen LogP contribution in [0.15, 0.2) is 0 Å². The predicted molar refractivity (Wildman–Crippen MR) is 69.2 cm³/mol. The van der Waals surface area contributed by atoms with E-state index in [4.69, 9.17) is 4.74 Å². The normalized spacial score (nSPS) is 54.8. The Hall–Kier alpha value is -0.120. The summed E-state index contributed by atoms with van der Waals surface area (Å²) in [4.78, 5) is 0. The molecule has 2 atom stereocenters. The van der Waals surface area contributed by atoms with Gasteiger partial charge in [-0.3, -0.25) is 0 Å². The van der Waals surface area contributed by atoms with Gasteiger partial charge in [-0.1, -0.05) is 0 Å². The number of ether oxygens (including phenoxy) is 1. The van der Waals surface area contributed by atoms with E-state index in [-0.39, 0.29) is 12.1 Å². The highest BCUT2D eigenvalue weighted by molar-refractivity contribution is 5.02. The van der Waals surface area contributed by atoms with Crippen molar-refractivity contribution in [3.8, 4) is 0 Å². The smallest absolute Gasteiger partial charge is 0.0737 e. The van der Waals surface area contributed by atoms with Crippen molar-refractivity contribution < 1.29 is 9.84 Å². The van der Waals surface area contributed by atoms with Gasteiger partial charge < -0.3 is 15.2 Å². The summed E-state index contributed by atoms with van der Waals surface area (Å²) in [5.74, 6) is 3.82. The summed E-state index contributed by atoms with van der Waals surface area (Å²) in [5.41, 5.74) is 0. The molecule has 102 valence electrons. The first-order valence-electron chi connectivity index (χ1n) is 7.81. The molecular formula is C15H25NO2. The molecule has 1 saturated heterocycles. The van der Waals surface area contributed by atoms with E-state index >= 15 is 0 Å². The molecule has 2 N–H and O–H groups in total. The third-order valence-electron chi connectivity index (χ3n) is 5.95. The molecule has 5 aliphatic rings. The molecule has 1 aliphatic heterocycles. The molecule has 3 nitrogen and oxygen atoms in total. The Morgan fingerprint density at radius 2 is 1.61 bits per heavy atom. The van der Waals surface area contributed by atoms with Crippen molar-refractivity contribution in [2.24, 2.45) is 23.7 Å². The van der Waals surface area contributed by atoms with Gasteiger partial charge in [0, 0.05) is 12.6 Å². The standard InChI is InChI=1S/C15H25NO2/c17-14-1-2-18-8-13(14)16-15-11-4-9-3-10(6-11)7-12(15)5-9/h9-17H,1-8H2/t9?,10?,11?,12?,13-,14-,15?/m1/s1. The second kappa shape index (κ2) is 4.46. The van der Waals surface area contributed by atoms with Crippen LogP contribution in [0.5, 0.6) is 0 Å². The Morgan fingerprint density at radius 3 is 2.22 bits per heavy atom. The van der Waals surface area contributed by atoms with E-state index in [1.165, 1.54) is 32.1 Å². The van der Waals surface area contributed by atoms with Crippen molar-refractivity contribution in [3.63, 3.8) is 0 Å². The second-order valence-electron chi connectivity index (χ2n) is 7.16. The van der Waals surface area contributed by atoms with Crippen molar-refractivity contribution >= 4 is 0 Å². The van der Waals surface area contributed by atoms with Crippen LogP contribution in [-0.2, 0) is 4.74 Å². The minimum absolute atomic E-state index is 0.182. The van der Waals surface area contributed by atoms with Crippen LogP contribution in [0.4, 0.5) is 0 Å². The maximum atomic E-state index is 10.1. The SMILES string of the molecule is O[C@@H]1CCOC[C@H]1NC1C2CC3CC(C2)CC1C3. The zero-order valence-electron chi connectivity index (χ0n) is 11.1. The molecule has 0 spiro atoms. The van der Waals surface area contributed by atoms with Crippen LogP contribution in [0.2, 0.25) is 0 Å². The Kier molecular flexibility index (Phi) is 2.90. The van der Waals surface area contributed by atoms with E-state index in [0.29, 0.717) is 12.6 Å². The van der Waals surface area contributed by atoms with E-state index in [1.807, 2.05) is 0 Å². The van der Waals surface area contributed by atoms with Crippen LogP contribution in [-0.4, -0.2) is 36.5 Å². The van der Waals surface area contributed by atoms with Gasteiger partial charge in [0.1, 0.15) is 0 Å². The van der Waals surface area contributed by atoms with Gasteiger partial charge in [0.05, 0.1) is 18.8 Å². The van der Waals surface area contributed by atoms with Crippen LogP contribution in [0, 0.1) is 23.7 Å². The molecule has 1 heterocycles. The summed E-state index contributed by atoms with van der Waals surface area (Å²) >= 11 is 0. The molecule has 18 heavy (non-hydrogen) atoms. The third kappa shape index (κ3) is 1.91. The summed E-state index contributed by atoms with van der Waals surface area (Å²) in [7, 11) is 0.